The third kappa shape index (κ3) is 42.3. The van der Waals surface area contributed by atoms with Crippen molar-refractivity contribution in [3.8, 4) is 0 Å². The van der Waals surface area contributed by atoms with E-state index < -0.39 is 6.10 Å². The van der Waals surface area contributed by atoms with E-state index in [1.807, 2.05) is 0 Å². The summed E-state index contributed by atoms with van der Waals surface area (Å²) in [4.78, 5) is 37.9. The van der Waals surface area contributed by atoms with Crippen LogP contribution in [0.2, 0.25) is 0 Å². The van der Waals surface area contributed by atoms with Gasteiger partial charge in [-0.25, -0.2) is 0 Å². The summed E-state index contributed by atoms with van der Waals surface area (Å²) in [6, 6.07) is 0. The Morgan fingerprint density at radius 3 is 0.912 bits per heavy atom. The van der Waals surface area contributed by atoms with Gasteiger partial charge in [-0.05, 0) is 31.1 Å². The number of ether oxygens (including phenoxy) is 3. The van der Waals surface area contributed by atoms with E-state index in [1.165, 1.54) is 167 Å². The highest BCUT2D eigenvalue weighted by Crippen LogP contribution is 2.18. The van der Waals surface area contributed by atoms with Gasteiger partial charge in [0.25, 0.3) is 0 Å². The fourth-order valence-electron chi connectivity index (χ4n) is 7.57. The minimum absolute atomic E-state index is 0.0646. The molecule has 0 N–H and O–H groups in total. The minimum Gasteiger partial charge on any atom is -0.462 e. The minimum atomic E-state index is -0.762. The lowest BCUT2D eigenvalue weighted by atomic mass is 9.99. The van der Waals surface area contributed by atoms with E-state index in [0.29, 0.717) is 19.3 Å². The van der Waals surface area contributed by atoms with Crippen molar-refractivity contribution in [2.24, 2.45) is 11.8 Å². The third-order valence-electron chi connectivity index (χ3n) is 12.2. The van der Waals surface area contributed by atoms with Crippen LogP contribution in [0.1, 0.15) is 279 Å². The lowest BCUT2D eigenvalue weighted by Gasteiger charge is -2.18. The predicted octanol–water partition coefficient (Wildman–Crippen LogP) is 16.1. The van der Waals surface area contributed by atoms with Gasteiger partial charge in [0.1, 0.15) is 13.2 Å². The van der Waals surface area contributed by atoms with Crippen LogP contribution in [0.25, 0.3) is 0 Å². The van der Waals surface area contributed by atoms with Gasteiger partial charge in [-0.3, -0.25) is 14.4 Å². The molecular weight excluding hydrogens is 709 g/mol. The van der Waals surface area contributed by atoms with Crippen molar-refractivity contribution in [2.45, 2.75) is 285 Å². The van der Waals surface area contributed by atoms with E-state index in [2.05, 4.69) is 34.6 Å². The van der Waals surface area contributed by atoms with Crippen LogP contribution in [-0.2, 0) is 28.6 Å². The fraction of sp³-hybridized carbons (Fsp3) is 0.941. The van der Waals surface area contributed by atoms with Gasteiger partial charge in [-0.2, -0.15) is 0 Å². The topological polar surface area (TPSA) is 78.9 Å². The quantitative estimate of drug-likeness (QED) is 0.0346. The van der Waals surface area contributed by atoms with Gasteiger partial charge in [-0.1, -0.05) is 240 Å². The molecule has 0 spiro atoms. The molecule has 0 bridgehead atoms. The Balaban J connectivity index is 4.32. The molecule has 57 heavy (non-hydrogen) atoms. The number of carbonyl (C=O) groups is 3. The van der Waals surface area contributed by atoms with Gasteiger partial charge in [0.15, 0.2) is 6.10 Å². The average molecular weight is 807 g/mol. The highest BCUT2D eigenvalue weighted by Gasteiger charge is 2.19. The Morgan fingerprint density at radius 1 is 0.351 bits per heavy atom. The molecule has 0 aliphatic rings. The van der Waals surface area contributed by atoms with Crippen LogP contribution in [0.4, 0.5) is 0 Å². The molecular formula is C51H98O6. The molecule has 0 rings (SSSR count). The summed E-state index contributed by atoms with van der Waals surface area (Å²) in [5.74, 6) is 0.828. The summed E-state index contributed by atoms with van der Waals surface area (Å²) in [7, 11) is 0. The summed E-state index contributed by atoms with van der Waals surface area (Å²) < 4.78 is 16.8. The van der Waals surface area contributed by atoms with Crippen molar-refractivity contribution >= 4 is 17.9 Å². The van der Waals surface area contributed by atoms with Crippen LogP contribution in [0, 0.1) is 11.8 Å². The maximum Gasteiger partial charge on any atom is 0.306 e. The Labute approximate surface area is 355 Å². The maximum absolute atomic E-state index is 12.8. The van der Waals surface area contributed by atoms with Crippen LogP contribution in [0.15, 0.2) is 0 Å². The Bertz CT molecular complexity index is 874. The third-order valence-corrected chi connectivity index (χ3v) is 12.2. The highest BCUT2D eigenvalue weighted by molar-refractivity contribution is 5.71. The standard InChI is InChI=1S/C51H98O6/c1-6-9-10-11-12-13-14-15-16-17-18-22-25-31-36-41-49(52)55-44-48(45-56-50(53)42-37-32-28-27-30-35-40-47(5)8-3)57-51(54)43-38-33-26-23-20-19-21-24-29-34-39-46(4)7-2/h46-48H,6-45H2,1-5H3/t46?,47?,48-/m0/s1. The van der Waals surface area contributed by atoms with Gasteiger partial charge in [0.05, 0.1) is 0 Å². The number of unbranched alkanes of at least 4 members (excludes halogenated alkanes) is 28. The zero-order valence-electron chi connectivity index (χ0n) is 39.0. The van der Waals surface area contributed by atoms with E-state index in [4.69, 9.17) is 14.2 Å². The van der Waals surface area contributed by atoms with Crippen LogP contribution >= 0.6 is 0 Å². The molecule has 0 aliphatic heterocycles. The normalized spacial score (nSPS) is 13.0. The van der Waals surface area contributed by atoms with Crippen LogP contribution in [0.5, 0.6) is 0 Å². The molecule has 0 saturated carbocycles. The van der Waals surface area contributed by atoms with Gasteiger partial charge in [0.2, 0.25) is 0 Å². The average Bonchev–Trinajstić information content (AvgIpc) is 3.21. The van der Waals surface area contributed by atoms with Crippen molar-refractivity contribution in [2.75, 3.05) is 13.2 Å². The van der Waals surface area contributed by atoms with E-state index in [-0.39, 0.29) is 31.1 Å². The molecule has 0 aromatic rings. The highest BCUT2D eigenvalue weighted by atomic mass is 16.6. The van der Waals surface area contributed by atoms with Crippen LogP contribution < -0.4 is 0 Å². The molecule has 0 aromatic carbocycles. The first kappa shape index (κ1) is 55.4. The molecule has 3 atom stereocenters. The lowest BCUT2D eigenvalue weighted by Crippen LogP contribution is -2.30. The number of hydrogen-bond donors (Lipinski definition) is 0. The first-order valence-electron chi connectivity index (χ1n) is 25.3. The molecule has 0 aromatic heterocycles. The Morgan fingerprint density at radius 2 is 0.614 bits per heavy atom. The van der Waals surface area contributed by atoms with Gasteiger partial charge >= 0.3 is 17.9 Å². The first-order chi connectivity index (χ1) is 27.8. The molecule has 0 radical (unpaired) electrons. The molecule has 0 fully saturated rings. The molecule has 0 heterocycles. The van der Waals surface area contributed by atoms with E-state index in [1.54, 1.807) is 0 Å². The van der Waals surface area contributed by atoms with Gasteiger partial charge in [-0.15, -0.1) is 0 Å². The maximum atomic E-state index is 12.8. The SMILES string of the molecule is CCCCCCCCCCCCCCCCCC(=O)OC[C@@H](COC(=O)CCCCCCCCC(C)CC)OC(=O)CCCCCCCCCCCCC(C)CC. The van der Waals surface area contributed by atoms with E-state index in [9.17, 15) is 14.4 Å². The zero-order chi connectivity index (χ0) is 41.9. The predicted molar refractivity (Wildman–Crippen MR) is 243 cm³/mol. The van der Waals surface area contributed by atoms with Crippen molar-refractivity contribution in [3.05, 3.63) is 0 Å². The van der Waals surface area contributed by atoms with E-state index in [0.717, 1.165) is 69.6 Å². The summed E-state index contributed by atoms with van der Waals surface area (Å²) in [5.41, 5.74) is 0. The van der Waals surface area contributed by atoms with Crippen molar-refractivity contribution in [3.63, 3.8) is 0 Å². The number of hydrogen-bond acceptors (Lipinski definition) is 6. The summed E-state index contributed by atoms with van der Waals surface area (Å²) in [6.45, 7) is 11.4. The van der Waals surface area contributed by atoms with Gasteiger partial charge < -0.3 is 14.2 Å². The molecule has 0 aliphatic carbocycles. The second kappa shape index (κ2) is 44.0. The smallest absolute Gasteiger partial charge is 0.306 e. The molecule has 2 unspecified atom stereocenters. The molecule has 0 amide bonds. The molecule has 6 nitrogen and oxygen atoms in total. The second-order valence-electron chi connectivity index (χ2n) is 17.9. The van der Waals surface area contributed by atoms with Crippen LogP contribution in [0.3, 0.4) is 0 Å². The fourth-order valence-corrected chi connectivity index (χ4v) is 7.57. The van der Waals surface area contributed by atoms with Crippen molar-refractivity contribution in [1.82, 2.24) is 0 Å². The second-order valence-corrected chi connectivity index (χ2v) is 17.9. The first-order valence-corrected chi connectivity index (χ1v) is 25.3. The molecule has 6 heteroatoms. The monoisotopic (exact) mass is 807 g/mol. The van der Waals surface area contributed by atoms with Gasteiger partial charge in [0, 0.05) is 19.3 Å². The Hall–Kier alpha value is -1.59. The van der Waals surface area contributed by atoms with E-state index >= 15 is 0 Å². The number of carbonyl (C=O) groups excluding carboxylic acids is 3. The largest absolute Gasteiger partial charge is 0.462 e. The summed E-state index contributed by atoms with van der Waals surface area (Å²) in [5, 5.41) is 0. The zero-order valence-corrected chi connectivity index (χ0v) is 39.0. The number of esters is 3. The van der Waals surface area contributed by atoms with Crippen LogP contribution in [-0.4, -0.2) is 37.2 Å². The van der Waals surface area contributed by atoms with Crippen molar-refractivity contribution in [1.29, 1.82) is 0 Å². The number of rotatable bonds is 45. The Kier molecular flexibility index (Phi) is 42.7. The molecule has 0 saturated heterocycles. The van der Waals surface area contributed by atoms with Crippen molar-refractivity contribution < 1.29 is 28.6 Å². The lowest BCUT2D eigenvalue weighted by molar-refractivity contribution is -0.167. The summed E-state index contributed by atoms with van der Waals surface area (Å²) >= 11 is 0. The molecule has 338 valence electrons. The summed E-state index contributed by atoms with van der Waals surface area (Å²) in [6.07, 6.45) is 43.7.